The zero-order valence-electron chi connectivity index (χ0n) is 10.3. The zero-order valence-corrected chi connectivity index (χ0v) is 10.3. The molecule has 0 radical (unpaired) electrons. The van der Waals surface area contributed by atoms with Gasteiger partial charge in [-0.3, -0.25) is 0 Å². The van der Waals surface area contributed by atoms with Gasteiger partial charge in [0.05, 0.1) is 0 Å². The number of hydrogen-bond acceptors (Lipinski definition) is 1. The van der Waals surface area contributed by atoms with Crippen LogP contribution in [0.25, 0.3) is 0 Å². The van der Waals surface area contributed by atoms with Gasteiger partial charge >= 0.3 is 6.03 Å². The second-order valence-corrected chi connectivity index (χ2v) is 4.93. The van der Waals surface area contributed by atoms with Crippen molar-refractivity contribution in [1.29, 1.82) is 0 Å². The first kappa shape index (κ1) is 12.0. The van der Waals surface area contributed by atoms with Crippen molar-refractivity contribution in [1.82, 2.24) is 5.32 Å². The fourth-order valence-corrected chi connectivity index (χ4v) is 2.44. The normalized spacial score (nSPS) is 24.1. The summed E-state index contributed by atoms with van der Waals surface area (Å²) < 4.78 is 0. The number of nitrogens with one attached hydrogen (secondary N) is 2. The number of amides is 2. The van der Waals surface area contributed by atoms with Gasteiger partial charge in [0.1, 0.15) is 0 Å². The predicted molar refractivity (Wildman–Crippen MR) is 70.0 cm³/mol. The highest BCUT2D eigenvalue weighted by molar-refractivity contribution is 5.89. The Balaban J connectivity index is 1.81. The molecular formula is C14H20N2O. The van der Waals surface area contributed by atoms with E-state index in [0.717, 1.165) is 24.4 Å². The standard InChI is InChI=1S/C14H20N2O/c1-11-6-5-9-13(10-11)16-14(17)15-12-7-3-2-4-8-12/h2-4,7-8,11,13H,5-6,9-10H2,1H3,(H2,15,16,17)/t11-,13-/m1/s1. The van der Waals surface area contributed by atoms with E-state index >= 15 is 0 Å². The number of anilines is 1. The summed E-state index contributed by atoms with van der Waals surface area (Å²) in [6.45, 7) is 2.25. The quantitative estimate of drug-likeness (QED) is 0.806. The number of rotatable bonds is 2. The molecule has 2 rings (SSSR count). The molecule has 0 saturated heterocycles. The lowest BCUT2D eigenvalue weighted by Gasteiger charge is -2.27. The molecule has 2 atom stereocenters. The molecule has 1 fully saturated rings. The molecule has 2 amide bonds. The molecule has 1 aliphatic carbocycles. The first-order valence-electron chi connectivity index (χ1n) is 6.36. The highest BCUT2D eigenvalue weighted by atomic mass is 16.2. The van der Waals surface area contributed by atoms with Crippen LogP contribution in [0.4, 0.5) is 10.5 Å². The smallest absolute Gasteiger partial charge is 0.319 e. The average molecular weight is 232 g/mol. The highest BCUT2D eigenvalue weighted by Gasteiger charge is 2.20. The summed E-state index contributed by atoms with van der Waals surface area (Å²) in [5.74, 6) is 0.728. The van der Waals surface area contributed by atoms with Gasteiger partial charge < -0.3 is 10.6 Å². The second-order valence-electron chi connectivity index (χ2n) is 4.93. The van der Waals surface area contributed by atoms with Gasteiger partial charge in [-0.1, -0.05) is 38.0 Å². The number of para-hydroxylation sites is 1. The third-order valence-corrected chi connectivity index (χ3v) is 3.30. The van der Waals surface area contributed by atoms with Crippen LogP contribution in [0, 0.1) is 5.92 Å². The van der Waals surface area contributed by atoms with Gasteiger partial charge in [-0.25, -0.2) is 4.79 Å². The fourth-order valence-electron chi connectivity index (χ4n) is 2.44. The van der Waals surface area contributed by atoms with Gasteiger partial charge in [-0.15, -0.1) is 0 Å². The topological polar surface area (TPSA) is 41.1 Å². The second kappa shape index (κ2) is 5.71. The molecule has 3 nitrogen and oxygen atoms in total. The van der Waals surface area contributed by atoms with Gasteiger partial charge in [-0.2, -0.15) is 0 Å². The van der Waals surface area contributed by atoms with Crippen molar-refractivity contribution in [2.75, 3.05) is 5.32 Å². The molecule has 0 spiro atoms. The first-order chi connectivity index (χ1) is 8.24. The lowest BCUT2D eigenvalue weighted by atomic mass is 9.87. The minimum atomic E-state index is -0.0877. The molecule has 0 aliphatic heterocycles. The van der Waals surface area contributed by atoms with E-state index in [-0.39, 0.29) is 6.03 Å². The van der Waals surface area contributed by atoms with Gasteiger partial charge in [0.25, 0.3) is 0 Å². The largest absolute Gasteiger partial charge is 0.335 e. The van der Waals surface area contributed by atoms with E-state index in [4.69, 9.17) is 0 Å². The summed E-state index contributed by atoms with van der Waals surface area (Å²) in [5, 5.41) is 5.90. The monoisotopic (exact) mass is 232 g/mol. The maximum atomic E-state index is 11.8. The Morgan fingerprint density at radius 2 is 2.00 bits per heavy atom. The van der Waals surface area contributed by atoms with Crippen LogP contribution in [0.3, 0.4) is 0 Å². The molecule has 0 unspecified atom stereocenters. The average Bonchev–Trinajstić information content (AvgIpc) is 2.30. The van der Waals surface area contributed by atoms with E-state index in [1.54, 1.807) is 0 Å². The molecule has 1 aliphatic rings. The van der Waals surface area contributed by atoms with Crippen LogP contribution < -0.4 is 10.6 Å². The Labute approximate surface area is 103 Å². The van der Waals surface area contributed by atoms with Crippen molar-refractivity contribution in [3.05, 3.63) is 30.3 Å². The summed E-state index contributed by atoms with van der Waals surface area (Å²) in [6.07, 6.45) is 4.71. The van der Waals surface area contributed by atoms with Crippen molar-refractivity contribution in [3.63, 3.8) is 0 Å². The molecule has 1 aromatic carbocycles. The van der Waals surface area contributed by atoms with Crippen molar-refractivity contribution in [2.45, 2.75) is 38.6 Å². The lowest BCUT2D eigenvalue weighted by Crippen LogP contribution is -2.40. The van der Waals surface area contributed by atoms with Crippen molar-refractivity contribution < 1.29 is 4.79 Å². The minimum absolute atomic E-state index is 0.0877. The van der Waals surface area contributed by atoms with Gasteiger partial charge in [0.2, 0.25) is 0 Å². The molecule has 0 bridgehead atoms. The molecule has 92 valence electrons. The minimum Gasteiger partial charge on any atom is -0.335 e. The van der Waals surface area contributed by atoms with E-state index in [1.165, 1.54) is 12.8 Å². The fraction of sp³-hybridized carbons (Fsp3) is 0.500. The molecule has 0 heterocycles. The summed E-state index contributed by atoms with van der Waals surface area (Å²) in [5.41, 5.74) is 0.842. The van der Waals surface area contributed by atoms with Crippen LogP contribution >= 0.6 is 0 Å². The lowest BCUT2D eigenvalue weighted by molar-refractivity contribution is 0.238. The van der Waals surface area contributed by atoms with Crippen molar-refractivity contribution in [3.8, 4) is 0 Å². The number of carbonyl (C=O) groups is 1. The Kier molecular flexibility index (Phi) is 4.02. The van der Waals surface area contributed by atoms with Crippen LogP contribution in [0.1, 0.15) is 32.6 Å². The molecule has 1 aromatic rings. The zero-order chi connectivity index (χ0) is 12.1. The molecule has 0 aromatic heterocycles. The van der Waals surface area contributed by atoms with E-state index in [1.807, 2.05) is 30.3 Å². The number of benzene rings is 1. The van der Waals surface area contributed by atoms with Crippen LogP contribution in [-0.4, -0.2) is 12.1 Å². The Hall–Kier alpha value is -1.51. The van der Waals surface area contributed by atoms with Crippen molar-refractivity contribution >= 4 is 11.7 Å². The van der Waals surface area contributed by atoms with E-state index in [9.17, 15) is 4.79 Å². The van der Waals surface area contributed by atoms with Crippen LogP contribution in [0.15, 0.2) is 30.3 Å². The Morgan fingerprint density at radius 3 is 2.71 bits per heavy atom. The Bertz CT molecular complexity index is 364. The maximum absolute atomic E-state index is 11.8. The molecule has 17 heavy (non-hydrogen) atoms. The third-order valence-electron chi connectivity index (χ3n) is 3.30. The SMILES string of the molecule is C[C@@H]1CCC[C@@H](NC(=O)Nc2ccccc2)C1. The first-order valence-corrected chi connectivity index (χ1v) is 6.36. The summed E-state index contributed by atoms with van der Waals surface area (Å²) in [6, 6.07) is 9.80. The van der Waals surface area contributed by atoms with Gasteiger partial charge in [0.15, 0.2) is 0 Å². The van der Waals surface area contributed by atoms with Gasteiger partial charge in [-0.05, 0) is 30.9 Å². The molecule has 1 saturated carbocycles. The Morgan fingerprint density at radius 1 is 1.24 bits per heavy atom. The summed E-state index contributed by atoms with van der Waals surface area (Å²) in [4.78, 5) is 11.8. The van der Waals surface area contributed by atoms with E-state index in [2.05, 4.69) is 17.6 Å². The molecule has 3 heteroatoms. The van der Waals surface area contributed by atoms with Gasteiger partial charge in [0, 0.05) is 11.7 Å². The van der Waals surface area contributed by atoms with Crippen molar-refractivity contribution in [2.24, 2.45) is 5.92 Å². The summed E-state index contributed by atoms with van der Waals surface area (Å²) >= 11 is 0. The summed E-state index contributed by atoms with van der Waals surface area (Å²) in [7, 11) is 0. The molecular weight excluding hydrogens is 212 g/mol. The number of hydrogen-bond donors (Lipinski definition) is 2. The maximum Gasteiger partial charge on any atom is 0.319 e. The number of carbonyl (C=O) groups excluding carboxylic acids is 1. The third kappa shape index (κ3) is 3.77. The van der Waals surface area contributed by atoms with Crippen LogP contribution in [-0.2, 0) is 0 Å². The number of urea groups is 1. The predicted octanol–water partition coefficient (Wildman–Crippen LogP) is 3.39. The molecule has 2 N–H and O–H groups in total. The van der Waals surface area contributed by atoms with Crippen LogP contribution in [0.2, 0.25) is 0 Å². The van der Waals surface area contributed by atoms with Crippen LogP contribution in [0.5, 0.6) is 0 Å². The van der Waals surface area contributed by atoms with E-state index in [0.29, 0.717) is 6.04 Å². The van der Waals surface area contributed by atoms with E-state index < -0.39 is 0 Å². The highest BCUT2D eigenvalue weighted by Crippen LogP contribution is 2.23.